The quantitative estimate of drug-likeness (QED) is 0.115. The Bertz CT molecular complexity index is 8230. The normalized spacial score (nSPS) is 12.9. The molecule has 2 aliphatic carbocycles. The molecule has 6 heteroatoms. The summed E-state index contributed by atoms with van der Waals surface area (Å²) in [5, 5.41) is 9.85. The van der Waals surface area contributed by atoms with E-state index in [4.69, 9.17) is 4.42 Å². The van der Waals surface area contributed by atoms with Crippen LogP contribution >= 0.6 is 11.3 Å². The molecule has 0 spiro atoms. The van der Waals surface area contributed by atoms with Gasteiger partial charge in [-0.1, -0.05) is 313 Å². The lowest BCUT2D eigenvalue weighted by molar-refractivity contribution is 0.660. The summed E-state index contributed by atoms with van der Waals surface area (Å²) < 4.78 is 13.9. The van der Waals surface area contributed by atoms with Crippen molar-refractivity contribution in [2.75, 3.05) is 9.80 Å². The summed E-state index contributed by atoms with van der Waals surface area (Å²) in [6, 6.07) is 160. The minimum absolute atomic E-state index is 0.0988. The van der Waals surface area contributed by atoms with E-state index in [1.54, 1.807) is 0 Å². The Hall–Kier alpha value is -15.6. The summed E-state index contributed by atoms with van der Waals surface area (Å²) in [4.78, 5) is 4.84. The van der Waals surface area contributed by atoms with Crippen molar-refractivity contribution in [3.05, 3.63) is 459 Å². The topological polar surface area (TPSA) is 29.5 Å². The van der Waals surface area contributed by atoms with E-state index >= 15 is 0 Å². The molecule has 5 nitrogen and oxygen atoms in total. The van der Waals surface area contributed by atoms with Gasteiger partial charge < -0.3 is 23.4 Å². The monoisotopic (exact) mass is 1630 g/mol. The highest BCUT2D eigenvalue weighted by atomic mass is 32.1. The van der Waals surface area contributed by atoms with Crippen LogP contribution in [0.1, 0.15) is 49.9 Å². The van der Waals surface area contributed by atoms with E-state index < -0.39 is 0 Å². The number of hydrogen-bond acceptors (Lipinski definition) is 4. The van der Waals surface area contributed by atoms with Crippen molar-refractivity contribution >= 4 is 131 Å². The maximum atomic E-state index is 6.46. The number of fused-ring (bicyclic) bond motifs is 18. The summed E-state index contributed by atoms with van der Waals surface area (Å²) in [6.07, 6.45) is 0. The van der Waals surface area contributed by atoms with Gasteiger partial charge in [-0.05, 0) is 246 Å². The van der Waals surface area contributed by atoms with Crippen LogP contribution in [0.15, 0.2) is 441 Å². The third-order valence-electron chi connectivity index (χ3n) is 26.8. The lowest BCUT2D eigenvalue weighted by Gasteiger charge is -2.28. The summed E-state index contributed by atoms with van der Waals surface area (Å²) in [5.74, 6) is 0. The van der Waals surface area contributed by atoms with Gasteiger partial charge in [0.2, 0.25) is 0 Å². The van der Waals surface area contributed by atoms with Gasteiger partial charge in [0.1, 0.15) is 11.2 Å². The molecule has 0 radical (unpaired) electrons. The first kappa shape index (κ1) is 74.2. The average Bonchev–Trinajstić information content (AvgIpc) is 1.58. The van der Waals surface area contributed by atoms with Crippen LogP contribution < -0.4 is 9.80 Å². The largest absolute Gasteiger partial charge is 0.455 e. The Balaban J connectivity index is 0.000000142. The molecule has 0 atom stereocenters. The molecule has 0 amide bonds. The van der Waals surface area contributed by atoms with E-state index in [2.05, 4.69) is 471 Å². The van der Waals surface area contributed by atoms with Crippen LogP contribution in [0.3, 0.4) is 0 Å². The predicted octanol–water partition coefficient (Wildman–Crippen LogP) is 33.7. The van der Waals surface area contributed by atoms with Gasteiger partial charge in [0, 0.05) is 114 Å². The average molecular weight is 1630 g/mol. The molecule has 25 rings (SSSR count). The molecule has 596 valence electrons. The lowest BCUT2D eigenvalue weighted by Crippen LogP contribution is -2.16. The molecular weight excluding hydrogens is 1550 g/mol. The van der Waals surface area contributed by atoms with Crippen molar-refractivity contribution in [2.24, 2.45) is 0 Å². The molecule has 126 heavy (non-hydrogen) atoms. The zero-order valence-corrected chi connectivity index (χ0v) is 71.0. The van der Waals surface area contributed by atoms with Crippen molar-refractivity contribution in [3.63, 3.8) is 0 Å². The molecule has 0 bridgehead atoms. The third kappa shape index (κ3) is 12.3. The van der Waals surface area contributed by atoms with E-state index in [-0.39, 0.29) is 10.8 Å². The van der Waals surface area contributed by atoms with Crippen LogP contribution in [-0.2, 0) is 10.8 Å². The van der Waals surface area contributed by atoms with E-state index in [0.717, 1.165) is 78.6 Å². The number of para-hydroxylation sites is 4. The minimum atomic E-state index is -0.125. The fourth-order valence-corrected chi connectivity index (χ4v) is 21.6. The molecule has 4 heterocycles. The maximum Gasteiger partial charge on any atom is 0.143 e. The maximum absolute atomic E-state index is 6.46. The van der Waals surface area contributed by atoms with E-state index in [9.17, 15) is 0 Å². The van der Waals surface area contributed by atoms with Crippen LogP contribution in [0.5, 0.6) is 0 Å². The van der Waals surface area contributed by atoms with E-state index in [1.165, 1.54) is 153 Å². The number of benzene rings is 19. The van der Waals surface area contributed by atoms with Gasteiger partial charge in [-0.15, -0.1) is 11.3 Å². The van der Waals surface area contributed by atoms with Gasteiger partial charge in [-0.3, -0.25) is 0 Å². The Labute approximate surface area is 736 Å². The highest BCUT2D eigenvalue weighted by molar-refractivity contribution is 7.25. The molecule has 4 aromatic heterocycles. The molecule has 0 unspecified atom stereocenters. The highest BCUT2D eigenvalue weighted by Crippen LogP contribution is 2.54. The van der Waals surface area contributed by atoms with Gasteiger partial charge >= 0.3 is 0 Å². The Morgan fingerprint density at radius 1 is 0.214 bits per heavy atom. The number of nitrogens with zero attached hydrogens (tertiary/aromatic N) is 4. The summed E-state index contributed by atoms with van der Waals surface area (Å²) >= 11 is 1.86. The second-order valence-corrected chi connectivity index (χ2v) is 35.8. The van der Waals surface area contributed by atoms with Gasteiger partial charge in [-0.25, -0.2) is 0 Å². The Morgan fingerprint density at radius 2 is 0.563 bits per heavy atom. The molecule has 0 saturated heterocycles. The predicted molar refractivity (Wildman–Crippen MR) is 533 cm³/mol. The zero-order chi connectivity index (χ0) is 83.9. The standard InChI is InChI=1S/C63H44N2O.C57H40N2S/c1-63(2)57-20-9-6-15-51(57)52-37-36-49(40-58(52)63)64(47-34-27-44(28-35-47)50-18-12-19-55-54-17-8-11-22-61(54)66-62(50)55)46-30-25-43(26-31-46)45-29-38-60-56(39-45)53-16-7-10-21-59(53)65(60)48-32-23-42(24-33-48)41-13-4-3-5-14-41;1-57(2)51-17-9-6-14-45(51)46-31-29-44(36-52(46)57)58(43-30-33-56-50(35-43)48-16-8-11-19-55(48)60-56)41-25-22-39(23-26-41)40-24-32-54-49(34-40)47-15-7-10-18-53(47)59(54)42-27-20-38(21-28-42)37-12-4-3-5-13-37/h3-40H,1-2H3;3-36H,1-2H3. The second-order valence-electron chi connectivity index (χ2n) is 34.7. The molecule has 0 saturated carbocycles. The van der Waals surface area contributed by atoms with Gasteiger partial charge in [0.25, 0.3) is 0 Å². The smallest absolute Gasteiger partial charge is 0.143 e. The first-order valence-corrected chi connectivity index (χ1v) is 44.4. The van der Waals surface area contributed by atoms with Crippen molar-refractivity contribution in [1.82, 2.24) is 9.13 Å². The van der Waals surface area contributed by atoms with Gasteiger partial charge in [0.05, 0.1) is 22.1 Å². The first-order chi connectivity index (χ1) is 62.0. The van der Waals surface area contributed by atoms with Crippen molar-refractivity contribution in [1.29, 1.82) is 0 Å². The Morgan fingerprint density at radius 3 is 1.09 bits per heavy atom. The van der Waals surface area contributed by atoms with Gasteiger partial charge in [-0.2, -0.15) is 0 Å². The summed E-state index contributed by atoms with van der Waals surface area (Å²) in [6.45, 7) is 9.42. The van der Waals surface area contributed by atoms with Crippen molar-refractivity contribution in [3.8, 4) is 89.3 Å². The Kier molecular flexibility index (Phi) is 17.4. The molecule has 2 aliphatic rings. The fourth-order valence-electron chi connectivity index (χ4n) is 20.5. The van der Waals surface area contributed by atoms with Crippen LogP contribution in [-0.4, -0.2) is 9.13 Å². The third-order valence-corrected chi connectivity index (χ3v) is 28.0. The number of aromatic nitrogens is 2. The lowest BCUT2D eigenvalue weighted by atomic mass is 9.82. The molecule has 19 aromatic carbocycles. The van der Waals surface area contributed by atoms with Crippen molar-refractivity contribution < 1.29 is 4.42 Å². The van der Waals surface area contributed by atoms with Crippen LogP contribution in [0.25, 0.3) is 175 Å². The minimum Gasteiger partial charge on any atom is -0.455 e. The van der Waals surface area contributed by atoms with E-state index in [1.807, 2.05) is 23.5 Å². The second kappa shape index (κ2) is 29.6. The SMILES string of the molecule is CC1(C)c2ccccc2-c2ccc(N(c3ccc(-c4ccc5c(c4)c4ccccc4n5-c4ccc(-c5ccccc5)cc4)cc3)c3ccc(-c4cccc5c4oc4ccccc45)cc3)cc21.CC1(C)c2ccccc2-c2ccc(N(c3ccc(-c4ccc5c(c4)c4ccccc4n5-c4ccc(-c5ccccc5)cc4)cc3)c3ccc4sc5ccccc5c4c3)cc21. The number of anilines is 6. The van der Waals surface area contributed by atoms with Crippen LogP contribution in [0.4, 0.5) is 34.1 Å². The number of rotatable bonds is 13. The zero-order valence-electron chi connectivity index (χ0n) is 70.2. The van der Waals surface area contributed by atoms with E-state index in [0.29, 0.717) is 0 Å². The summed E-state index contributed by atoms with van der Waals surface area (Å²) in [7, 11) is 0. The van der Waals surface area contributed by atoms with Gasteiger partial charge in [0.15, 0.2) is 0 Å². The number of hydrogen-bond donors (Lipinski definition) is 0. The molecule has 0 fully saturated rings. The molecule has 23 aromatic rings. The molecule has 0 aliphatic heterocycles. The fraction of sp³-hybridized carbons (Fsp3) is 0.0500. The number of furan rings is 1. The summed E-state index contributed by atoms with van der Waals surface area (Å²) in [5.41, 5.74) is 38.0. The highest BCUT2D eigenvalue weighted by Gasteiger charge is 2.38. The van der Waals surface area contributed by atoms with Crippen molar-refractivity contribution in [2.45, 2.75) is 38.5 Å². The molecule has 0 N–H and O–H groups in total. The van der Waals surface area contributed by atoms with Crippen LogP contribution in [0.2, 0.25) is 0 Å². The molecular formula is C120H84N4OS. The first-order valence-electron chi connectivity index (χ1n) is 43.6. The van der Waals surface area contributed by atoms with Crippen LogP contribution in [0, 0.1) is 0 Å². The number of thiophene rings is 1.